The molecule has 0 heterocycles. The van der Waals surface area contributed by atoms with E-state index in [1.807, 2.05) is 6.07 Å². The van der Waals surface area contributed by atoms with Crippen molar-refractivity contribution in [2.75, 3.05) is 11.4 Å². The van der Waals surface area contributed by atoms with Gasteiger partial charge in [0.25, 0.3) is 0 Å². The number of nitrogens with zero attached hydrogens (tertiary/aromatic N) is 1. The van der Waals surface area contributed by atoms with Crippen molar-refractivity contribution in [1.82, 2.24) is 0 Å². The molecule has 0 fully saturated rings. The molecule has 2 aromatic carbocycles. The number of benzene rings is 2. The highest BCUT2D eigenvalue weighted by atomic mass is 16.4. The molecule has 0 spiro atoms. The van der Waals surface area contributed by atoms with Gasteiger partial charge in [0.05, 0.1) is 5.56 Å². The lowest BCUT2D eigenvalue weighted by Crippen LogP contribution is -2.22. The maximum atomic E-state index is 11.0. The van der Waals surface area contributed by atoms with Gasteiger partial charge in [-0.05, 0) is 37.6 Å². The molecule has 0 saturated carbocycles. The molecule has 0 aliphatic heterocycles. The van der Waals surface area contributed by atoms with Crippen LogP contribution in [0, 0.1) is 6.92 Å². The molecule has 0 amide bonds. The van der Waals surface area contributed by atoms with Crippen molar-refractivity contribution in [2.45, 2.75) is 20.4 Å². The van der Waals surface area contributed by atoms with E-state index < -0.39 is 5.97 Å². The van der Waals surface area contributed by atoms with Gasteiger partial charge in [-0.1, -0.05) is 35.9 Å². The van der Waals surface area contributed by atoms with Gasteiger partial charge in [-0.15, -0.1) is 0 Å². The van der Waals surface area contributed by atoms with Crippen LogP contribution in [0.25, 0.3) is 0 Å². The summed E-state index contributed by atoms with van der Waals surface area (Å²) < 4.78 is 0. The molecule has 0 aromatic heterocycles. The van der Waals surface area contributed by atoms with E-state index in [4.69, 9.17) is 5.11 Å². The minimum absolute atomic E-state index is 0.324. The predicted molar refractivity (Wildman–Crippen MR) is 81.3 cm³/mol. The molecule has 0 aliphatic rings. The third kappa shape index (κ3) is 3.38. The number of hydrogen-bond acceptors (Lipinski definition) is 2. The largest absolute Gasteiger partial charge is 0.478 e. The summed E-state index contributed by atoms with van der Waals surface area (Å²) in [5, 5.41) is 9.07. The Balaban J connectivity index is 2.21. The molecular formula is C17H19NO2. The van der Waals surface area contributed by atoms with Gasteiger partial charge in [-0.3, -0.25) is 0 Å². The molecule has 2 aromatic rings. The zero-order valence-corrected chi connectivity index (χ0v) is 11.8. The molecular weight excluding hydrogens is 250 g/mol. The fourth-order valence-electron chi connectivity index (χ4n) is 2.14. The van der Waals surface area contributed by atoms with E-state index in [1.165, 1.54) is 11.1 Å². The maximum absolute atomic E-state index is 11.0. The summed E-state index contributed by atoms with van der Waals surface area (Å²) in [6, 6.07) is 15.5. The van der Waals surface area contributed by atoms with E-state index in [9.17, 15) is 4.79 Å². The molecule has 104 valence electrons. The Morgan fingerprint density at radius 3 is 2.45 bits per heavy atom. The van der Waals surface area contributed by atoms with Gasteiger partial charge in [-0.2, -0.15) is 0 Å². The molecule has 20 heavy (non-hydrogen) atoms. The Labute approximate surface area is 119 Å². The quantitative estimate of drug-likeness (QED) is 0.899. The van der Waals surface area contributed by atoms with Gasteiger partial charge >= 0.3 is 5.97 Å². The van der Waals surface area contributed by atoms with Gasteiger partial charge in [0.15, 0.2) is 0 Å². The third-order valence-corrected chi connectivity index (χ3v) is 3.33. The van der Waals surface area contributed by atoms with Crippen molar-refractivity contribution in [1.29, 1.82) is 0 Å². The zero-order valence-electron chi connectivity index (χ0n) is 11.8. The fraction of sp³-hybridized carbons (Fsp3) is 0.235. The number of carboxylic acids is 1. The molecule has 2 rings (SSSR count). The smallest absolute Gasteiger partial charge is 0.335 e. The lowest BCUT2D eigenvalue weighted by molar-refractivity contribution is 0.0697. The van der Waals surface area contributed by atoms with E-state index in [2.05, 4.69) is 43.0 Å². The van der Waals surface area contributed by atoms with Gasteiger partial charge < -0.3 is 10.0 Å². The second-order valence-corrected chi connectivity index (χ2v) is 4.86. The standard InChI is InChI=1S/C17H19NO2/c1-3-18(12-14-9-7-13(2)8-10-14)16-6-4-5-15(11-16)17(19)20/h4-11H,3,12H2,1-2H3,(H,19,20). The number of carbonyl (C=O) groups is 1. The van der Waals surface area contributed by atoms with Crippen LogP contribution in [0.4, 0.5) is 5.69 Å². The monoisotopic (exact) mass is 269 g/mol. The van der Waals surface area contributed by atoms with E-state index in [1.54, 1.807) is 18.2 Å². The Kier molecular flexibility index (Phi) is 4.41. The average molecular weight is 269 g/mol. The Morgan fingerprint density at radius 2 is 1.85 bits per heavy atom. The van der Waals surface area contributed by atoms with E-state index in [0.29, 0.717) is 5.56 Å². The maximum Gasteiger partial charge on any atom is 0.335 e. The first-order chi connectivity index (χ1) is 9.60. The Hall–Kier alpha value is -2.29. The molecule has 0 aliphatic carbocycles. The topological polar surface area (TPSA) is 40.5 Å². The second kappa shape index (κ2) is 6.24. The summed E-state index contributed by atoms with van der Waals surface area (Å²) in [6.45, 7) is 5.75. The van der Waals surface area contributed by atoms with Gasteiger partial charge in [0.2, 0.25) is 0 Å². The van der Waals surface area contributed by atoms with Crippen molar-refractivity contribution in [3.63, 3.8) is 0 Å². The molecule has 3 heteroatoms. The van der Waals surface area contributed by atoms with Crippen molar-refractivity contribution in [3.05, 3.63) is 65.2 Å². The van der Waals surface area contributed by atoms with Gasteiger partial charge in [-0.25, -0.2) is 4.79 Å². The van der Waals surface area contributed by atoms with Crippen LogP contribution in [0.15, 0.2) is 48.5 Å². The number of aryl methyl sites for hydroxylation is 1. The van der Waals surface area contributed by atoms with Crippen molar-refractivity contribution < 1.29 is 9.90 Å². The highest BCUT2D eigenvalue weighted by Crippen LogP contribution is 2.19. The van der Waals surface area contributed by atoms with Crippen molar-refractivity contribution in [3.8, 4) is 0 Å². The van der Waals surface area contributed by atoms with Crippen molar-refractivity contribution >= 4 is 11.7 Å². The summed E-state index contributed by atoms with van der Waals surface area (Å²) in [4.78, 5) is 13.2. The van der Waals surface area contributed by atoms with Crippen molar-refractivity contribution in [2.24, 2.45) is 0 Å². The van der Waals surface area contributed by atoms with Crippen LogP contribution in [0.5, 0.6) is 0 Å². The van der Waals surface area contributed by atoms with Gasteiger partial charge in [0, 0.05) is 18.8 Å². The highest BCUT2D eigenvalue weighted by Gasteiger charge is 2.08. The van der Waals surface area contributed by atoms with Gasteiger partial charge in [0.1, 0.15) is 0 Å². The molecule has 0 radical (unpaired) electrons. The second-order valence-electron chi connectivity index (χ2n) is 4.86. The molecule has 3 nitrogen and oxygen atoms in total. The normalized spacial score (nSPS) is 10.3. The number of carboxylic acid groups (broad SMARTS) is 1. The summed E-state index contributed by atoms with van der Waals surface area (Å²) >= 11 is 0. The lowest BCUT2D eigenvalue weighted by Gasteiger charge is -2.23. The first kappa shape index (κ1) is 14.1. The van der Waals surface area contributed by atoms with Crippen LogP contribution in [-0.4, -0.2) is 17.6 Å². The number of anilines is 1. The summed E-state index contributed by atoms with van der Waals surface area (Å²) in [7, 11) is 0. The van der Waals surface area contributed by atoms with Crippen LogP contribution in [0.2, 0.25) is 0 Å². The third-order valence-electron chi connectivity index (χ3n) is 3.33. The first-order valence-corrected chi connectivity index (χ1v) is 6.74. The summed E-state index contributed by atoms with van der Waals surface area (Å²) in [5.74, 6) is -0.891. The summed E-state index contributed by atoms with van der Waals surface area (Å²) in [6.07, 6.45) is 0. The highest BCUT2D eigenvalue weighted by molar-refractivity contribution is 5.88. The zero-order chi connectivity index (χ0) is 14.5. The average Bonchev–Trinajstić information content (AvgIpc) is 2.46. The van der Waals surface area contributed by atoms with E-state index >= 15 is 0 Å². The van der Waals surface area contributed by atoms with E-state index in [0.717, 1.165) is 18.8 Å². The molecule has 1 N–H and O–H groups in total. The fourth-order valence-corrected chi connectivity index (χ4v) is 2.14. The predicted octanol–water partition coefficient (Wildman–Crippen LogP) is 3.72. The number of hydrogen-bond donors (Lipinski definition) is 1. The minimum atomic E-state index is -0.891. The molecule has 0 saturated heterocycles. The van der Waals surface area contributed by atoms with Crippen LogP contribution < -0.4 is 4.90 Å². The number of aromatic carboxylic acids is 1. The molecule has 0 atom stereocenters. The van der Waals surface area contributed by atoms with Crippen LogP contribution >= 0.6 is 0 Å². The Morgan fingerprint density at radius 1 is 1.15 bits per heavy atom. The number of rotatable bonds is 5. The molecule has 0 unspecified atom stereocenters. The minimum Gasteiger partial charge on any atom is -0.478 e. The SMILES string of the molecule is CCN(Cc1ccc(C)cc1)c1cccc(C(=O)O)c1. The van der Waals surface area contributed by atoms with Crippen LogP contribution in [0.1, 0.15) is 28.4 Å². The molecule has 0 bridgehead atoms. The Bertz CT molecular complexity index is 590. The van der Waals surface area contributed by atoms with Crippen LogP contribution in [-0.2, 0) is 6.54 Å². The van der Waals surface area contributed by atoms with Crippen LogP contribution in [0.3, 0.4) is 0 Å². The summed E-state index contributed by atoms with van der Waals surface area (Å²) in [5.41, 5.74) is 3.72. The lowest BCUT2D eigenvalue weighted by atomic mass is 10.1. The van der Waals surface area contributed by atoms with E-state index in [-0.39, 0.29) is 0 Å². The first-order valence-electron chi connectivity index (χ1n) is 6.74.